The molecule has 4 nitrogen and oxygen atoms in total. The van der Waals surface area contributed by atoms with Gasteiger partial charge < -0.3 is 21.3 Å². The van der Waals surface area contributed by atoms with Crippen LogP contribution in [0.5, 0.6) is 0 Å². The van der Waals surface area contributed by atoms with Gasteiger partial charge in [-0.15, -0.1) is 0 Å². The van der Waals surface area contributed by atoms with Gasteiger partial charge in [-0.3, -0.25) is 0 Å². The van der Waals surface area contributed by atoms with E-state index in [-0.39, 0.29) is 18.6 Å². The maximum absolute atomic E-state index is 11.8. The monoisotopic (exact) mass is 378 g/mol. The maximum atomic E-state index is 11.8. The number of nitrogens with two attached hydrogens (primary N) is 1. The lowest BCUT2D eigenvalue weighted by Crippen LogP contribution is -2.47. The van der Waals surface area contributed by atoms with Crippen LogP contribution in [0.1, 0.15) is 30.9 Å². The zero-order chi connectivity index (χ0) is 20.1. The number of para-hydroxylation sites is 1. The van der Waals surface area contributed by atoms with E-state index in [2.05, 4.69) is 24.0 Å². The van der Waals surface area contributed by atoms with E-state index in [4.69, 9.17) is 5.73 Å². The summed E-state index contributed by atoms with van der Waals surface area (Å²) in [6, 6.07) is 17.5. The second kappa shape index (κ2) is 8.74. The lowest BCUT2D eigenvalue weighted by atomic mass is 9.83. The lowest BCUT2D eigenvalue weighted by molar-refractivity contribution is 0.0768. The Balaban J connectivity index is 1.89. The van der Waals surface area contributed by atoms with E-state index in [1.165, 1.54) is 0 Å². The molecule has 3 unspecified atom stereocenters. The quantitative estimate of drug-likeness (QED) is 0.439. The van der Waals surface area contributed by atoms with Crippen LogP contribution in [0.15, 0.2) is 72.8 Å². The Hall–Kier alpha value is -2.40. The van der Waals surface area contributed by atoms with E-state index in [0.717, 1.165) is 23.1 Å². The molecule has 1 aliphatic carbocycles. The van der Waals surface area contributed by atoms with Gasteiger partial charge in [-0.25, -0.2) is 0 Å². The predicted molar refractivity (Wildman–Crippen MR) is 115 cm³/mol. The molecule has 0 spiro atoms. The third-order valence-electron chi connectivity index (χ3n) is 5.94. The standard InChI is InChI=1S/C24H30N2O2/c1-3-19(16-27)20-13-23(26-15-18-9-5-4-6-10-18)24(28,14-20)17(2)21-11-7-8-12-22(21)25/h3-12,20,23,26-28H,2,13-16,25H2,1H3. The Kier molecular flexibility index (Phi) is 6.35. The first kappa shape index (κ1) is 20.3. The molecule has 3 atom stereocenters. The summed E-state index contributed by atoms with van der Waals surface area (Å²) in [5, 5.41) is 25.0. The minimum absolute atomic E-state index is 0.00258. The summed E-state index contributed by atoms with van der Waals surface area (Å²) in [7, 11) is 0. The SMILES string of the molecule is C=C(c1ccccc1N)C1(O)CC(C(=CC)CO)CC1NCc1ccccc1. The summed E-state index contributed by atoms with van der Waals surface area (Å²) in [4.78, 5) is 0. The molecule has 0 heterocycles. The van der Waals surface area contributed by atoms with Crippen molar-refractivity contribution in [2.75, 3.05) is 12.3 Å². The van der Waals surface area contributed by atoms with Crippen LogP contribution in [-0.4, -0.2) is 28.5 Å². The van der Waals surface area contributed by atoms with Gasteiger partial charge in [0.05, 0.1) is 6.61 Å². The van der Waals surface area contributed by atoms with E-state index in [1.807, 2.05) is 55.5 Å². The Bertz CT molecular complexity index is 847. The molecule has 1 fully saturated rings. The van der Waals surface area contributed by atoms with Crippen molar-refractivity contribution in [1.29, 1.82) is 0 Å². The zero-order valence-corrected chi connectivity index (χ0v) is 16.4. The van der Waals surface area contributed by atoms with Gasteiger partial charge in [-0.2, -0.15) is 0 Å². The van der Waals surface area contributed by atoms with Crippen molar-refractivity contribution < 1.29 is 10.2 Å². The Morgan fingerprint density at radius 2 is 1.89 bits per heavy atom. The minimum Gasteiger partial charge on any atom is -0.398 e. The number of hydrogen-bond acceptors (Lipinski definition) is 4. The van der Waals surface area contributed by atoms with Crippen molar-refractivity contribution in [3.63, 3.8) is 0 Å². The molecule has 0 radical (unpaired) electrons. The predicted octanol–water partition coefficient (Wildman–Crippen LogP) is 3.52. The summed E-state index contributed by atoms with van der Waals surface area (Å²) in [5.41, 5.74) is 9.16. The molecule has 5 N–H and O–H groups in total. The van der Waals surface area contributed by atoms with Crippen LogP contribution in [0.25, 0.3) is 5.57 Å². The van der Waals surface area contributed by atoms with Crippen molar-refractivity contribution in [3.05, 3.63) is 84.0 Å². The lowest BCUT2D eigenvalue weighted by Gasteiger charge is -2.33. The van der Waals surface area contributed by atoms with Crippen molar-refractivity contribution in [2.24, 2.45) is 5.92 Å². The van der Waals surface area contributed by atoms with Crippen LogP contribution < -0.4 is 11.1 Å². The highest BCUT2D eigenvalue weighted by Gasteiger charge is 2.48. The summed E-state index contributed by atoms with van der Waals surface area (Å²) in [5.74, 6) is 0.0926. The number of allylic oxidation sites excluding steroid dienone is 1. The Morgan fingerprint density at radius 3 is 2.54 bits per heavy atom. The topological polar surface area (TPSA) is 78.5 Å². The summed E-state index contributed by atoms with van der Waals surface area (Å²) >= 11 is 0. The highest BCUT2D eigenvalue weighted by molar-refractivity contribution is 5.79. The zero-order valence-electron chi connectivity index (χ0n) is 16.4. The molecule has 0 bridgehead atoms. The van der Waals surface area contributed by atoms with E-state index in [0.29, 0.717) is 24.2 Å². The molecule has 1 aliphatic rings. The van der Waals surface area contributed by atoms with Crippen LogP contribution in [0, 0.1) is 5.92 Å². The van der Waals surface area contributed by atoms with Crippen molar-refractivity contribution in [1.82, 2.24) is 5.32 Å². The first-order chi connectivity index (χ1) is 13.5. The summed E-state index contributed by atoms with van der Waals surface area (Å²) < 4.78 is 0. The van der Waals surface area contributed by atoms with Gasteiger partial charge >= 0.3 is 0 Å². The number of aliphatic hydroxyl groups is 2. The highest BCUT2D eigenvalue weighted by atomic mass is 16.3. The largest absolute Gasteiger partial charge is 0.398 e. The summed E-state index contributed by atoms with van der Waals surface area (Å²) in [6.45, 7) is 6.83. The molecule has 28 heavy (non-hydrogen) atoms. The molecule has 1 saturated carbocycles. The molecule has 0 saturated heterocycles. The smallest absolute Gasteiger partial charge is 0.106 e. The normalized spacial score (nSPS) is 25.0. The molecule has 148 valence electrons. The number of hydrogen-bond donors (Lipinski definition) is 4. The second-order valence-electron chi connectivity index (χ2n) is 7.57. The van der Waals surface area contributed by atoms with Crippen LogP contribution in [0.4, 0.5) is 5.69 Å². The van der Waals surface area contributed by atoms with Crippen molar-refractivity contribution in [2.45, 2.75) is 38.0 Å². The van der Waals surface area contributed by atoms with Crippen LogP contribution >= 0.6 is 0 Å². The maximum Gasteiger partial charge on any atom is 0.106 e. The molecular weight excluding hydrogens is 348 g/mol. The second-order valence-corrected chi connectivity index (χ2v) is 7.57. The molecule has 0 aliphatic heterocycles. The van der Waals surface area contributed by atoms with E-state index in [1.54, 1.807) is 0 Å². The fourth-order valence-electron chi connectivity index (χ4n) is 4.25. The molecule has 0 aromatic heterocycles. The highest BCUT2D eigenvalue weighted by Crippen LogP contribution is 2.46. The molecule has 2 aromatic rings. The van der Waals surface area contributed by atoms with Crippen molar-refractivity contribution in [3.8, 4) is 0 Å². The van der Waals surface area contributed by atoms with E-state index >= 15 is 0 Å². The Labute approximate surface area is 167 Å². The van der Waals surface area contributed by atoms with Gasteiger partial charge in [0.2, 0.25) is 0 Å². The number of nitrogens with one attached hydrogen (secondary N) is 1. The van der Waals surface area contributed by atoms with E-state index in [9.17, 15) is 10.2 Å². The third kappa shape index (κ3) is 4.04. The van der Waals surface area contributed by atoms with E-state index < -0.39 is 5.60 Å². The molecule has 0 amide bonds. The summed E-state index contributed by atoms with van der Waals surface area (Å²) in [6.07, 6.45) is 3.19. The van der Waals surface area contributed by atoms with Gasteiger partial charge in [0.15, 0.2) is 0 Å². The molecule has 2 aromatic carbocycles. The third-order valence-corrected chi connectivity index (χ3v) is 5.94. The van der Waals surface area contributed by atoms with Crippen LogP contribution in [0.2, 0.25) is 0 Å². The molecular formula is C24H30N2O2. The van der Waals surface area contributed by atoms with Crippen molar-refractivity contribution >= 4 is 11.3 Å². The first-order valence-corrected chi connectivity index (χ1v) is 9.79. The van der Waals surface area contributed by atoms with Gasteiger partial charge in [-0.05, 0) is 48.5 Å². The minimum atomic E-state index is -1.14. The first-order valence-electron chi connectivity index (χ1n) is 9.79. The number of benzene rings is 2. The number of aliphatic hydroxyl groups excluding tert-OH is 1. The van der Waals surface area contributed by atoms with Gasteiger partial charge in [0.1, 0.15) is 5.60 Å². The number of anilines is 1. The number of rotatable bonds is 7. The average Bonchev–Trinajstić information content (AvgIpc) is 3.05. The van der Waals surface area contributed by atoms with Gasteiger partial charge in [0.25, 0.3) is 0 Å². The van der Waals surface area contributed by atoms with Gasteiger partial charge in [0, 0.05) is 23.8 Å². The van der Waals surface area contributed by atoms with Crippen LogP contribution in [-0.2, 0) is 6.54 Å². The molecule has 4 heteroatoms. The number of nitrogen functional groups attached to an aromatic ring is 1. The fraction of sp³-hybridized carbons (Fsp3) is 0.333. The van der Waals surface area contributed by atoms with Crippen LogP contribution in [0.3, 0.4) is 0 Å². The average molecular weight is 379 g/mol. The molecule has 3 rings (SSSR count). The Morgan fingerprint density at radius 1 is 1.21 bits per heavy atom. The van der Waals surface area contributed by atoms with Gasteiger partial charge in [-0.1, -0.05) is 61.2 Å². The fourth-order valence-corrected chi connectivity index (χ4v) is 4.25.